The van der Waals surface area contributed by atoms with Crippen LogP contribution in [0.2, 0.25) is 5.02 Å². The summed E-state index contributed by atoms with van der Waals surface area (Å²) in [6.07, 6.45) is 4.01. The van der Waals surface area contributed by atoms with E-state index in [1.54, 1.807) is 6.08 Å². The van der Waals surface area contributed by atoms with Gasteiger partial charge in [-0.2, -0.15) is 0 Å². The van der Waals surface area contributed by atoms with Gasteiger partial charge >= 0.3 is 0 Å². The van der Waals surface area contributed by atoms with E-state index in [0.29, 0.717) is 11.2 Å². The Labute approximate surface area is 205 Å². The Morgan fingerprint density at radius 2 is 1.06 bits per heavy atom. The highest BCUT2D eigenvalue weighted by molar-refractivity contribution is 7.96. The molecule has 1 nitrogen and oxygen atoms in total. The van der Waals surface area contributed by atoms with E-state index in [9.17, 15) is 4.79 Å². The lowest BCUT2D eigenvalue weighted by Crippen LogP contribution is -3.00. The van der Waals surface area contributed by atoms with Crippen molar-refractivity contribution in [2.24, 2.45) is 0 Å². The maximum absolute atomic E-state index is 13.3. The Hall–Kier alpha value is -2.51. The van der Waals surface area contributed by atoms with E-state index < -0.39 is 7.26 Å². The lowest BCUT2D eigenvalue weighted by molar-refractivity contribution is -0.112. The first-order valence-electron chi connectivity index (χ1n) is 10.2. The summed E-state index contributed by atoms with van der Waals surface area (Å²) in [6.45, 7) is 0. The van der Waals surface area contributed by atoms with Crippen molar-refractivity contribution < 1.29 is 21.8 Å². The summed E-state index contributed by atoms with van der Waals surface area (Å²) in [5, 5.41) is 4.31. The highest BCUT2D eigenvalue weighted by Gasteiger charge is 2.46. The number of carbonyl (C=O) groups excluding carboxylic acids is 1. The van der Waals surface area contributed by atoms with Crippen LogP contribution >= 0.6 is 18.9 Å². The maximum Gasteiger partial charge on any atom is 0.193 e. The Balaban J connectivity index is 0.00000289. The van der Waals surface area contributed by atoms with Crippen LogP contribution in [-0.2, 0) is 4.79 Å². The number of hydrogen-bond acceptors (Lipinski definition) is 1. The zero-order chi connectivity index (χ0) is 21.5. The van der Waals surface area contributed by atoms with Crippen LogP contribution < -0.4 is 32.9 Å². The largest absolute Gasteiger partial charge is 1.00 e. The van der Waals surface area contributed by atoms with Crippen LogP contribution in [0.4, 0.5) is 0 Å². The Morgan fingerprint density at radius 3 is 1.47 bits per heavy atom. The first-order valence-corrected chi connectivity index (χ1v) is 12.5. The number of ketones is 1. The van der Waals surface area contributed by atoms with Crippen LogP contribution in [0.25, 0.3) is 6.08 Å². The second-order valence-corrected chi connectivity index (χ2v) is 11.2. The molecular weight excluding hydrogens is 499 g/mol. The molecule has 4 aromatic carbocycles. The van der Waals surface area contributed by atoms with Gasteiger partial charge in [-0.1, -0.05) is 84.4 Å². The van der Waals surface area contributed by atoms with Crippen molar-refractivity contribution in [2.45, 2.75) is 0 Å². The lowest BCUT2D eigenvalue weighted by atomic mass is 10.2. The van der Waals surface area contributed by atoms with E-state index in [1.165, 1.54) is 15.9 Å². The summed E-state index contributed by atoms with van der Waals surface area (Å²) in [6, 6.07) is 38.9. The summed E-state index contributed by atoms with van der Waals surface area (Å²) in [7, 11) is -2.16. The molecule has 0 heterocycles. The van der Waals surface area contributed by atoms with Gasteiger partial charge in [0, 0.05) is 5.02 Å². The minimum atomic E-state index is -2.16. The van der Waals surface area contributed by atoms with Crippen LogP contribution in [0.1, 0.15) is 5.56 Å². The molecule has 0 aliphatic heterocycles. The average molecular weight is 522 g/mol. The molecule has 4 aromatic rings. The molecule has 0 aliphatic carbocycles. The number of rotatable bonds is 7. The van der Waals surface area contributed by atoms with Crippen molar-refractivity contribution in [3.63, 3.8) is 0 Å². The van der Waals surface area contributed by atoms with Gasteiger partial charge in [0.2, 0.25) is 0 Å². The second-order valence-electron chi connectivity index (χ2n) is 7.33. The van der Waals surface area contributed by atoms with E-state index >= 15 is 0 Å². The molecule has 0 saturated heterocycles. The van der Waals surface area contributed by atoms with Crippen molar-refractivity contribution in [3.8, 4) is 0 Å². The van der Waals surface area contributed by atoms with Gasteiger partial charge in [-0.05, 0) is 60.2 Å². The average Bonchev–Trinajstić information content (AvgIpc) is 2.84. The van der Waals surface area contributed by atoms with Crippen molar-refractivity contribution >= 4 is 46.6 Å². The Bertz CT molecular complexity index is 1060. The van der Waals surface area contributed by atoms with E-state index in [0.717, 1.165) is 5.56 Å². The topological polar surface area (TPSA) is 17.1 Å². The first-order chi connectivity index (χ1) is 15.2. The van der Waals surface area contributed by atoms with Crippen LogP contribution in [-0.4, -0.2) is 11.9 Å². The number of halogens is 2. The molecule has 0 saturated carbocycles. The van der Waals surface area contributed by atoms with Crippen LogP contribution in [0.5, 0.6) is 0 Å². The molecule has 0 fully saturated rings. The van der Waals surface area contributed by atoms with E-state index in [-0.39, 0.29) is 22.8 Å². The fourth-order valence-corrected chi connectivity index (χ4v) is 8.00. The number of benzene rings is 4. The normalized spacial score (nSPS) is 11.2. The standard InChI is InChI=1S/C28H23ClOP.BrH/c29-24-19-16-23(17-20-24)18-21-25(30)22-31(26-10-4-1-5-11-26,27-12-6-2-7-13-27)28-14-8-3-9-15-28;/h1-21H,22H2;1H/q+1;/p-1/b21-18+;. The van der Waals surface area contributed by atoms with E-state index in [4.69, 9.17) is 11.6 Å². The molecule has 0 aromatic heterocycles. The molecule has 0 radical (unpaired) electrons. The second kappa shape index (κ2) is 11.4. The monoisotopic (exact) mass is 520 g/mol. The fraction of sp³-hybridized carbons (Fsp3) is 0.0357. The Kier molecular flexibility index (Phi) is 8.59. The van der Waals surface area contributed by atoms with Crippen molar-refractivity contribution in [2.75, 3.05) is 6.16 Å². The van der Waals surface area contributed by atoms with Gasteiger partial charge in [0.05, 0.1) is 0 Å². The molecule has 0 bridgehead atoms. The highest BCUT2D eigenvalue weighted by Crippen LogP contribution is 2.55. The molecule has 4 heteroatoms. The molecule has 0 atom stereocenters. The Morgan fingerprint density at radius 1 is 0.656 bits per heavy atom. The number of hydrogen-bond donors (Lipinski definition) is 0. The predicted molar refractivity (Wildman–Crippen MR) is 136 cm³/mol. The third-order valence-corrected chi connectivity index (χ3v) is 9.89. The van der Waals surface area contributed by atoms with Crippen LogP contribution in [0.15, 0.2) is 121 Å². The summed E-state index contributed by atoms with van der Waals surface area (Å²) in [5.41, 5.74) is 0.959. The molecule has 32 heavy (non-hydrogen) atoms. The van der Waals surface area contributed by atoms with Gasteiger partial charge in [-0.3, -0.25) is 4.79 Å². The van der Waals surface area contributed by atoms with Crippen LogP contribution in [0.3, 0.4) is 0 Å². The molecule has 0 aliphatic rings. The molecule has 160 valence electrons. The molecule has 0 spiro atoms. The van der Waals surface area contributed by atoms with Crippen molar-refractivity contribution in [1.29, 1.82) is 0 Å². The molecule has 0 amide bonds. The molecule has 0 unspecified atom stereocenters. The minimum Gasteiger partial charge on any atom is -1.00 e. The van der Waals surface area contributed by atoms with E-state index in [1.807, 2.05) is 48.5 Å². The van der Waals surface area contributed by atoms with Crippen LogP contribution in [0, 0.1) is 0 Å². The van der Waals surface area contributed by atoms with Gasteiger partial charge in [0.15, 0.2) is 5.78 Å². The smallest absolute Gasteiger partial charge is 0.193 e. The molecule has 0 N–H and O–H groups in total. The van der Waals surface area contributed by atoms with Crippen molar-refractivity contribution in [3.05, 3.63) is 132 Å². The van der Waals surface area contributed by atoms with E-state index in [2.05, 4.69) is 72.8 Å². The van der Waals surface area contributed by atoms with Gasteiger partial charge in [0.25, 0.3) is 0 Å². The van der Waals surface area contributed by atoms with Gasteiger partial charge in [0.1, 0.15) is 29.3 Å². The predicted octanol–water partition coefficient (Wildman–Crippen LogP) is 2.92. The lowest BCUT2D eigenvalue weighted by Gasteiger charge is -2.26. The van der Waals surface area contributed by atoms with Crippen molar-refractivity contribution in [1.82, 2.24) is 0 Å². The molecule has 4 rings (SSSR count). The fourth-order valence-electron chi connectivity index (χ4n) is 3.82. The summed E-state index contributed by atoms with van der Waals surface area (Å²) >= 11 is 5.98. The quantitative estimate of drug-likeness (QED) is 0.270. The minimum absolute atomic E-state index is 0. The third-order valence-electron chi connectivity index (χ3n) is 5.32. The molecular formula is C28H23BrClOP. The van der Waals surface area contributed by atoms with Gasteiger partial charge in [-0.25, -0.2) is 0 Å². The summed E-state index contributed by atoms with van der Waals surface area (Å²) < 4.78 is 0. The SMILES string of the molecule is O=C(/C=C/c1ccc(Cl)cc1)C[P+](c1ccccc1)(c1ccccc1)c1ccccc1.[Br-]. The summed E-state index contributed by atoms with van der Waals surface area (Å²) in [5.74, 6) is 0.111. The zero-order valence-corrected chi connectivity index (χ0v) is 20.7. The zero-order valence-electron chi connectivity index (χ0n) is 17.4. The first kappa shape index (κ1) is 24.1. The maximum atomic E-state index is 13.3. The third kappa shape index (κ3) is 5.45. The highest BCUT2D eigenvalue weighted by atomic mass is 79.9. The van der Waals surface area contributed by atoms with Gasteiger partial charge < -0.3 is 17.0 Å². The number of carbonyl (C=O) groups is 1. The summed E-state index contributed by atoms with van der Waals surface area (Å²) in [4.78, 5) is 13.3. The number of allylic oxidation sites excluding steroid dienone is 1. The van der Waals surface area contributed by atoms with Gasteiger partial charge in [-0.15, -0.1) is 0 Å².